The number of hydrogen-bond donors (Lipinski definition) is 2. The van der Waals surface area contributed by atoms with E-state index in [2.05, 4.69) is 36.0 Å². The molecule has 4 aromatic rings. The van der Waals surface area contributed by atoms with Gasteiger partial charge in [-0.15, -0.1) is 0 Å². The van der Waals surface area contributed by atoms with Crippen LogP contribution in [0.2, 0.25) is 0 Å². The fraction of sp³-hybridized carbons (Fsp3) is 0.351. The van der Waals surface area contributed by atoms with Crippen LogP contribution in [0.1, 0.15) is 45.5 Å². The van der Waals surface area contributed by atoms with Gasteiger partial charge in [0.05, 0.1) is 21.3 Å². The molecule has 0 saturated carbocycles. The van der Waals surface area contributed by atoms with Gasteiger partial charge >= 0.3 is 0 Å². The number of ether oxygens (including phenoxy) is 5. The molecular weight excluding hydrogens is 584 g/mol. The molecule has 2 atom stereocenters. The van der Waals surface area contributed by atoms with E-state index in [-0.39, 0.29) is 29.3 Å². The Kier molecular flexibility index (Phi) is 7.82. The van der Waals surface area contributed by atoms with Crippen LogP contribution < -0.4 is 23.7 Å². The molecule has 0 radical (unpaired) electrons. The average molecular weight is 625 g/mol. The Hall–Kier alpha value is -4.60. The summed E-state index contributed by atoms with van der Waals surface area (Å²) in [6, 6.07) is 17.6. The fourth-order valence-corrected chi connectivity index (χ4v) is 7.20. The van der Waals surface area contributed by atoms with Gasteiger partial charge in [0.15, 0.2) is 34.5 Å². The normalized spacial score (nSPS) is 19.2. The van der Waals surface area contributed by atoms with E-state index in [1.807, 2.05) is 42.5 Å². The highest BCUT2D eigenvalue weighted by molar-refractivity contribution is 5.66. The Labute approximate surface area is 269 Å². The van der Waals surface area contributed by atoms with Crippen LogP contribution in [0.3, 0.4) is 0 Å². The maximum atomic E-state index is 11.7. The summed E-state index contributed by atoms with van der Waals surface area (Å²) in [4.78, 5) is 4.56. The van der Waals surface area contributed by atoms with Crippen LogP contribution in [0.25, 0.3) is 0 Å². The van der Waals surface area contributed by atoms with E-state index in [1.165, 1.54) is 0 Å². The molecule has 9 heteroatoms. The standard InChI is InChI=1S/C37H40N2O7/c1-38-14-12-23-19-30(43-4)34(40)36-32(23)26(38)16-21-6-9-25(10-7-21)45-29-18-22(8-11-28(29)42-3)17-27-33-24(13-15-39(27)2)20-31(44-5)35(41)37(33)46-36/h6-11,18-20,26-27,40-41H,12-17H2,1-5H3. The number of benzene rings is 4. The number of methoxy groups -OCH3 is 3. The first kappa shape index (κ1) is 30.1. The molecule has 0 aliphatic carbocycles. The number of nitrogens with zero attached hydrogens (tertiary/aromatic N) is 2. The lowest BCUT2D eigenvalue weighted by molar-refractivity contribution is 0.214. The van der Waals surface area contributed by atoms with Crippen LogP contribution in [-0.2, 0) is 25.7 Å². The smallest absolute Gasteiger partial charge is 0.201 e. The van der Waals surface area contributed by atoms with Crippen LogP contribution in [0.5, 0.6) is 51.7 Å². The summed E-state index contributed by atoms with van der Waals surface area (Å²) in [5, 5.41) is 23.5. The van der Waals surface area contributed by atoms with E-state index in [1.54, 1.807) is 21.3 Å². The zero-order valence-corrected chi connectivity index (χ0v) is 26.9. The van der Waals surface area contributed by atoms with Gasteiger partial charge in [-0.25, -0.2) is 0 Å². The third-order valence-corrected chi connectivity index (χ3v) is 9.77. The summed E-state index contributed by atoms with van der Waals surface area (Å²) in [7, 11) is 8.90. The molecule has 0 aromatic heterocycles. The van der Waals surface area contributed by atoms with Crippen molar-refractivity contribution in [2.75, 3.05) is 48.5 Å². The molecule has 46 heavy (non-hydrogen) atoms. The van der Waals surface area contributed by atoms with Crippen molar-refractivity contribution in [2.45, 2.75) is 37.8 Å². The second-order valence-corrected chi connectivity index (χ2v) is 12.4. The minimum Gasteiger partial charge on any atom is -0.502 e. The van der Waals surface area contributed by atoms with Gasteiger partial charge in [0.1, 0.15) is 5.75 Å². The van der Waals surface area contributed by atoms with Gasteiger partial charge in [-0.2, -0.15) is 0 Å². The molecular formula is C37H40N2O7. The molecule has 0 spiro atoms. The van der Waals surface area contributed by atoms with E-state index >= 15 is 0 Å². The van der Waals surface area contributed by atoms with E-state index in [9.17, 15) is 10.2 Å². The van der Waals surface area contributed by atoms with Crippen LogP contribution in [-0.4, -0.2) is 68.5 Å². The Morgan fingerprint density at radius 2 is 1.13 bits per heavy atom. The number of fused-ring (bicyclic) bond motifs is 2. The Morgan fingerprint density at radius 1 is 0.630 bits per heavy atom. The van der Waals surface area contributed by atoms with Crippen molar-refractivity contribution in [3.63, 3.8) is 0 Å². The maximum absolute atomic E-state index is 11.7. The SMILES string of the molecule is COc1ccc2cc1Oc1ccc(cc1)CC1c3c(cc(OC)c(O)c3Oc3c(O)c(OC)cc4c3C(C2)N(C)CC4)CCN1C. The monoisotopic (exact) mass is 624 g/mol. The van der Waals surface area contributed by atoms with E-state index in [4.69, 9.17) is 23.7 Å². The predicted molar refractivity (Wildman–Crippen MR) is 174 cm³/mol. The first-order valence-electron chi connectivity index (χ1n) is 15.7. The number of rotatable bonds is 3. The first-order chi connectivity index (χ1) is 22.3. The predicted octanol–water partition coefficient (Wildman–Crippen LogP) is 6.57. The third kappa shape index (κ3) is 5.13. The van der Waals surface area contributed by atoms with Crippen molar-refractivity contribution in [1.82, 2.24) is 9.80 Å². The van der Waals surface area contributed by atoms with Gasteiger partial charge in [-0.05, 0) is 98.4 Å². The van der Waals surface area contributed by atoms with E-state index in [0.717, 1.165) is 59.3 Å². The lowest BCUT2D eigenvalue weighted by atomic mass is 9.86. The zero-order chi connectivity index (χ0) is 32.1. The summed E-state index contributed by atoms with van der Waals surface area (Å²) < 4.78 is 30.2. The lowest BCUT2D eigenvalue weighted by Crippen LogP contribution is -2.34. The minimum atomic E-state index is -0.159. The molecule has 8 rings (SSSR count). The first-order valence-corrected chi connectivity index (χ1v) is 15.7. The van der Waals surface area contributed by atoms with Gasteiger partial charge < -0.3 is 33.9 Å². The van der Waals surface area contributed by atoms with E-state index in [0.29, 0.717) is 47.3 Å². The molecule has 0 amide bonds. The molecule has 4 bridgehead atoms. The van der Waals surface area contributed by atoms with Gasteiger partial charge in [0.25, 0.3) is 0 Å². The Balaban J connectivity index is 1.50. The second kappa shape index (κ2) is 12.0. The number of phenols is 2. The van der Waals surface area contributed by atoms with Crippen molar-refractivity contribution in [1.29, 1.82) is 0 Å². The number of likely N-dealkylation sites (N-methyl/N-ethyl adjacent to an activating group) is 2. The van der Waals surface area contributed by atoms with Gasteiger partial charge in [-0.1, -0.05) is 18.2 Å². The highest BCUT2D eigenvalue weighted by Gasteiger charge is 2.36. The summed E-state index contributed by atoms with van der Waals surface area (Å²) in [6.07, 6.45) is 2.78. The van der Waals surface area contributed by atoms with E-state index < -0.39 is 0 Å². The van der Waals surface area contributed by atoms with Crippen LogP contribution in [0.15, 0.2) is 54.6 Å². The zero-order valence-electron chi connectivity index (χ0n) is 26.9. The molecule has 4 aromatic carbocycles. The molecule has 240 valence electrons. The number of aromatic hydroxyl groups is 2. The topological polar surface area (TPSA) is 93.1 Å². The molecule has 2 unspecified atom stereocenters. The second-order valence-electron chi connectivity index (χ2n) is 12.4. The quantitative estimate of drug-likeness (QED) is 0.263. The van der Waals surface area contributed by atoms with Crippen molar-refractivity contribution >= 4 is 0 Å². The van der Waals surface area contributed by atoms with Crippen molar-refractivity contribution in [2.24, 2.45) is 0 Å². The van der Waals surface area contributed by atoms with Crippen molar-refractivity contribution in [3.8, 4) is 51.7 Å². The van der Waals surface area contributed by atoms with Crippen LogP contribution in [0.4, 0.5) is 0 Å². The molecule has 0 saturated heterocycles. The van der Waals surface area contributed by atoms with Crippen LogP contribution in [0, 0.1) is 0 Å². The summed E-state index contributed by atoms with van der Waals surface area (Å²) in [6.45, 7) is 1.64. The number of phenolic OH excluding ortho intramolecular Hbond substituents is 2. The molecule has 2 N–H and O–H groups in total. The number of hydrogen-bond acceptors (Lipinski definition) is 9. The van der Waals surface area contributed by atoms with Crippen molar-refractivity contribution < 1.29 is 33.9 Å². The fourth-order valence-electron chi connectivity index (χ4n) is 7.20. The lowest BCUT2D eigenvalue weighted by Gasteiger charge is -2.38. The molecule has 9 nitrogen and oxygen atoms in total. The highest BCUT2D eigenvalue weighted by Crippen LogP contribution is 2.54. The Bertz CT molecular complexity index is 1790. The molecule has 4 aliphatic rings. The molecule has 0 fully saturated rings. The third-order valence-electron chi connectivity index (χ3n) is 9.77. The maximum Gasteiger partial charge on any atom is 0.201 e. The van der Waals surface area contributed by atoms with Gasteiger partial charge in [0, 0.05) is 36.3 Å². The summed E-state index contributed by atoms with van der Waals surface area (Å²) in [5.74, 6) is 3.02. The summed E-state index contributed by atoms with van der Waals surface area (Å²) >= 11 is 0. The minimum absolute atomic E-state index is 0.0975. The van der Waals surface area contributed by atoms with Gasteiger partial charge in [-0.3, -0.25) is 9.80 Å². The van der Waals surface area contributed by atoms with Gasteiger partial charge in [0.2, 0.25) is 11.5 Å². The molecule has 4 aliphatic heterocycles. The summed E-state index contributed by atoms with van der Waals surface area (Å²) in [5.41, 5.74) is 5.94. The highest BCUT2D eigenvalue weighted by atomic mass is 16.5. The van der Waals surface area contributed by atoms with Crippen molar-refractivity contribution in [3.05, 3.63) is 88.0 Å². The largest absolute Gasteiger partial charge is 0.502 e. The Morgan fingerprint density at radius 3 is 1.65 bits per heavy atom. The average Bonchev–Trinajstić information content (AvgIpc) is 3.06. The molecule has 4 heterocycles. The van der Waals surface area contributed by atoms with Crippen LogP contribution >= 0.6 is 0 Å².